The maximum atomic E-state index is 5.95. The maximum Gasteiger partial charge on any atom is 0.0406 e. The second kappa shape index (κ2) is 10.0. The molecule has 0 spiro atoms. The molecule has 0 N–H and O–H groups in total. The Morgan fingerprint density at radius 3 is 2.10 bits per heavy atom. The molecule has 30 heavy (non-hydrogen) atoms. The summed E-state index contributed by atoms with van der Waals surface area (Å²) >= 11 is 5.95. The van der Waals surface area contributed by atoms with E-state index in [-0.39, 0.29) is 0 Å². The van der Waals surface area contributed by atoms with Crippen LogP contribution in [0.3, 0.4) is 0 Å². The summed E-state index contributed by atoms with van der Waals surface area (Å²) in [6.45, 7) is 2.27. The molecule has 3 aromatic rings. The van der Waals surface area contributed by atoms with E-state index in [9.17, 15) is 0 Å². The first kappa shape index (κ1) is 20.8. The molecule has 152 valence electrons. The number of rotatable bonds is 6. The van der Waals surface area contributed by atoms with E-state index < -0.39 is 0 Å². The van der Waals surface area contributed by atoms with E-state index in [1.807, 2.05) is 24.3 Å². The summed E-state index contributed by atoms with van der Waals surface area (Å²) in [6.07, 6.45) is 10.2. The number of unbranched alkanes of at least 4 members (excludes halogenated alkanes) is 4. The molecule has 0 bridgehead atoms. The van der Waals surface area contributed by atoms with Crippen LogP contribution in [-0.4, -0.2) is 0 Å². The van der Waals surface area contributed by atoms with Crippen molar-refractivity contribution < 1.29 is 0 Å². The molecule has 1 heteroatoms. The number of aryl methyl sites for hydroxylation is 3. The highest BCUT2D eigenvalue weighted by atomic mass is 35.5. The molecule has 0 radical (unpaired) electrons. The molecular weight excluding hydrogens is 384 g/mol. The molecule has 0 amide bonds. The molecule has 1 aliphatic carbocycles. The molecule has 0 saturated carbocycles. The number of halogens is 1. The van der Waals surface area contributed by atoms with Gasteiger partial charge in [-0.15, -0.1) is 0 Å². The Bertz CT molecular complexity index is 1060. The van der Waals surface area contributed by atoms with Crippen molar-refractivity contribution in [3.63, 3.8) is 0 Å². The third-order valence-electron chi connectivity index (χ3n) is 5.99. The van der Waals surface area contributed by atoms with E-state index in [2.05, 4.69) is 55.2 Å². The van der Waals surface area contributed by atoms with Crippen LogP contribution in [0.1, 0.15) is 66.8 Å². The monoisotopic (exact) mass is 412 g/mol. The SMILES string of the molecule is CCCCCCCc1ccc2c(c1)CCc1cc(C#Cc3ccc(Cl)cc3)ccc1-2. The summed E-state index contributed by atoms with van der Waals surface area (Å²) in [5.74, 6) is 6.55. The van der Waals surface area contributed by atoms with Crippen LogP contribution in [0.2, 0.25) is 5.02 Å². The first-order chi connectivity index (χ1) is 14.7. The van der Waals surface area contributed by atoms with Gasteiger partial charge in [0, 0.05) is 16.1 Å². The molecular formula is C29H29Cl. The third-order valence-corrected chi connectivity index (χ3v) is 6.25. The lowest BCUT2D eigenvalue weighted by Crippen LogP contribution is -2.05. The Morgan fingerprint density at radius 1 is 0.700 bits per heavy atom. The molecule has 0 heterocycles. The molecule has 0 unspecified atom stereocenters. The van der Waals surface area contributed by atoms with Gasteiger partial charge in [0.1, 0.15) is 0 Å². The van der Waals surface area contributed by atoms with Crippen LogP contribution >= 0.6 is 11.6 Å². The molecule has 1 aliphatic rings. The van der Waals surface area contributed by atoms with Gasteiger partial charge in [-0.25, -0.2) is 0 Å². The second-order valence-electron chi connectivity index (χ2n) is 8.28. The molecule has 0 aromatic heterocycles. The summed E-state index contributed by atoms with van der Waals surface area (Å²) in [7, 11) is 0. The summed E-state index contributed by atoms with van der Waals surface area (Å²) in [4.78, 5) is 0. The zero-order chi connectivity index (χ0) is 20.8. The Hall–Kier alpha value is -2.49. The fraction of sp³-hybridized carbons (Fsp3) is 0.310. The van der Waals surface area contributed by atoms with Crippen LogP contribution in [0.15, 0.2) is 60.7 Å². The van der Waals surface area contributed by atoms with Crippen LogP contribution in [0.4, 0.5) is 0 Å². The van der Waals surface area contributed by atoms with E-state index in [1.165, 1.54) is 66.3 Å². The smallest absolute Gasteiger partial charge is 0.0406 e. The van der Waals surface area contributed by atoms with Gasteiger partial charge in [-0.3, -0.25) is 0 Å². The lowest BCUT2D eigenvalue weighted by Gasteiger charge is -2.21. The van der Waals surface area contributed by atoms with Gasteiger partial charge in [0.05, 0.1) is 0 Å². The van der Waals surface area contributed by atoms with Gasteiger partial charge in [-0.1, -0.05) is 80.3 Å². The Balaban J connectivity index is 1.47. The molecule has 4 rings (SSSR count). The molecule has 0 fully saturated rings. The van der Waals surface area contributed by atoms with Crippen LogP contribution in [0.5, 0.6) is 0 Å². The van der Waals surface area contributed by atoms with E-state index >= 15 is 0 Å². The summed E-state index contributed by atoms with van der Waals surface area (Å²) in [5.41, 5.74) is 9.27. The first-order valence-electron chi connectivity index (χ1n) is 11.3. The van der Waals surface area contributed by atoms with E-state index in [1.54, 1.807) is 0 Å². The average molecular weight is 413 g/mol. The number of hydrogen-bond donors (Lipinski definition) is 0. The van der Waals surface area contributed by atoms with Gasteiger partial charge in [-0.2, -0.15) is 0 Å². The number of benzene rings is 3. The lowest BCUT2D eigenvalue weighted by molar-refractivity contribution is 0.632. The predicted octanol–water partition coefficient (Wildman–Crippen LogP) is 8.02. The standard InChI is InChI=1S/C29H29Cl/c1-2-3-4-5-6-7-23-12-18-28-25(20-23)14-15-26-21-24(13-19-29(26)28)9-8-22-10-16-27(30)17-11-22/h10-13,16-21H,2-7,14-15H2,1H3. The highest BCUT2D eigenvalue weighted by Gasteiger charge is 2.16. The van der Waals surface area contributed by atoms with Crippen LogP contribution in [0.25, 0.3) is 11.1 Å². The fourth-order valence-corrected chi connectivity index (χ4v) is 4.42. The highest BCUT2D eigenvalue weighted by molar-refractivity contribution is 6.30. The minimum atomic E-state index is 0.743. The maximum absolute atomic E-state index is 5.95. The van der Waals surface area contributed by atoms with Crippen molar-refractivity contribution in [1.29, 1.82) is 0 Å². The van der Waals surface area contributed by atoms with Crippen molar-refractivity contribution in [1.82, 2.24) is 0 Å². The van der Waals surface area contributed by atoms with Gasteiger partial charge in [0.25, 0.3) is 0 Å². The van der Waals surface area contributed by atoms with Crippen molar-refractivity contribution in [2.24, 2.45) is 0 Å². The highest BCUT2D eigenvalue weighted by Crippen LogP contribution is 2.34. The van der Waals surface area contributed by atoms with Gasteiger partial charge in [-0.05, 0) is 89.9 Å². The largest absolute Gasteiger partial charge is 0.0843 e. The summed E-state index contributed by atoms with van der Waals surface area (Å²) < 4.78 is 0. The lowest BCUT2D eigenvalue weighted by atomic mass is 9.83. The van der Waals surface area contributed by atoms with Gasteiger partial charge in [0.2, 0.25) is 0 Å². The van der Waals surface area contributed by atoms with Gasteiger partial charge < -0.3 is 0 Å². The van der Waals surface area contributed by atoms with E-state index in [0.29, 0.717) is 0 Å². The molecule has 3 aromatic carbocycles. The number of hydrogen-bond acceptors (Lipinski definition) is 0. The predicted molar refractivity (Wildman–Crippen MR) is 129 cm³/mol. The zero-order valence-electron chi connectivity index (χ0n) is 17.8. The van der Waals surface area contributed by atoms with E-state index in [0.717, 1.165) is 29.0 Å². The van der Waals surface area contributed by atoms with E-state index in [4.69, 9.17) is 11.6 Å². The molecule has 0 aliphatic heterocycles. The average Bonchev–Trinajstić information content (AvgIpc) is 2.78. The first-order valence-corrected chi connectivity index (χ1v) is 11.6. The van der Waals surface area contributed by atoms with Gasteiger partial charge >= 0.3 is 0 Å². The minimum absolute atomic E-state index is 0.743. The second-order valence-corrected chi connectivity index (χ2v) is 8.72. The van der Waals surface area contributed by atoms with Crippen LogP contribution in [-0.2, 0) is 19.3 Å². The summed E-state index contributed by atoms with van der Waals surface area (Å²) in [5, 5.41) is 0.743. The van der Waals surface area contributed by atoms with Crippen molar-refractivity contribution >= 4 is 11.6 Å². The Kier molecular flexibility index (Phi) is 6.93. The molecule has 0 atom stereocenters. The van der Waals surface area contributed by atoms with Crippen molar-refractivity contribution in [2.45, 2.75) is 58.3 Å². The van der Waals surface area contributed by atoms with Gasteiger partial charge in [0.15, 0.2) is 0 Å². The Morgan fingerprint density at radius 2 is 1.33 bits per heavy atom. The number of fused-ring (bicyclic) bond motifs is 3. The molecule has 0 saturated heterocycles. The topological polar surface area (TPSA) is 0 Å². The van der Waals surface area contributed by atoms with Crippen molar-refractivity contribution in [3.05, 3.63) is 93.5 Å². The zero-order valence-corrected chi connectivity index (χ0v) is 18.6. The fourth-order valence-electron chi connectivity index (χ4n) is 4.29. The minimum Gasteiger partial charge on any atom is -0.0843 e. The normalized spacial score (nSPS) is 11.9. The van der Waals surface area contributed by atoms with Crippen LogP contribution in [0, 0.1) is 11.8 Å². The Labute approximate surface area is 186 Å². The van der Waals surface area contributed by atoms with Crippen molar-refractivity contribution in [3.8, 4) is 23.0 Å². The molecule has 0 nitrogen and oxygen atoms in total. The summed E-state index contributed by atoms with van der Waals surface area (Å²) in [6, 6.07) is 21.5. The van der Waals surface area contributed by atoms with Crippen LogP contribution < -0.4 is 0 Å². The quantitative estimate of drug-likeness (QED) is 0.284. The third kappa shape index (κ3) is 5.16. The van der Waals surface area contributed by atoms with Crippen molar-refractivity contribution in [2.75, 3.05) is 0 Å².